The van der Waals surface area contributed by atoms with E-state index >= 15 is 0 Å². The van der Waals surface area contributed by atoms with Gasteiger partial charge in [-0.25, -0.2) is 0 Å². The summed E-state index contributed by atoms with van der Waals surface area (Å²) in [5, 5.41) is 0. The van der Waals surface area contributed by atoms with Crippen molar-refractivity contribution >= 4 is 6.29 Å². The lowest BCUT2D eigenvalue weighted by Crippen LogP contribution is -2.12. The lowest BCUT2D eigenvalue weighted by Gasteiger charge is -2.15. The van der Waals surface area contributed by atoms with Crippen molar-refractivity contribution in [1.29, 1.82) is 0 Å². The lowest BCUT2D eigenvalue weighted by atomic mass is 10.1. The number of rotatable bonds is 4. The zero-order valence-electron chi connectivity index (χ0n) is 9.54. The van der Waals surface area contributed by atoms with Crippen LogP contribution in [-0.2, 0) is 6.18 Å². The molecule has 0 aromatic heterocycles. The van der Waals surface area contributed by atoms with Crippen LogP contribution < -0.4 is 4.74 Å². The Morgan fingerprint density at radius 2 is 2.00 bits per heavy atom. The molecule has 0 spiro atoms. The number of carbonyl (C=O) groups excluding carboxylic acids is 1. The largest absolute Gasteiger partial charge is 0.493 e. The first kappa shape index (κ1) is 13.5. The number of aldehydes is 1. The summed E-state index contributed by atoms with van der Waals surface area (Å²) in [5.74, 6) is -0.112. The van der Waals surface area contributed by atoms with Gasteiger partial charge in [0.25, 0.3) is 0 Å². The molecule has 0 atom stereocenters. The number of benzene rings is 1. The van der Waals surface area contributed by atoms with E-state index in [2.05, 4.69) is 0 Å². The number of ether oxygens (including phenoxy) is 1. The van der Waals surface area contributed by atoms with Crippen LogP contribution in [0.15, 0.2) is 18.2 Å². The van der Waals surface area contributed by atoms with Crippen molar-refractivity contribution in [1.82, 2.24) is 0 Å². The molecule has 0 heterocycles. The molecule has 0 unspecified atom stereocenters. The van der Waals surface area contributed by atoms with E-state index in [9.17, 15) is 18.0 Å². The molecule has 0 aliphatic heterocycles. The third-order valence-electron chi connectivity index (χ3n) is 2.02. The molecule has 0 aliphatic carbocycles. The van der Waals surface area contributed by atoms with Crippen LogP contribution in [0.2, 0.25) is 0 Å². The van der Waals surface area contributed by atoms with E-state index in [0.29, 0.717) is 6.29 Å². The maximum absolute atomic E-state index is 12.7. The second-order valence-corrected chi connectivity index (χ2v) is 4.08. The summed E-state index contributed by atoms with van der Waals surface area (Å²) < 4.78 is 43.2. The zero-order valence-corrected chi connectivity index (χ0v) is 9.54. The van der Waals surface area contributed by atoms with Crippen LogP contribution in [0.5, 0.6) is 5.75 Å². The fourth-order valence-electron chi connectivity index (χ4n) is 1.22. The van der Waals surface area contributed by atoms with Gasteiger partial charge in [-0.3, -0.25) is 4.79 Å². The monoisotopic (exact) mass is 246 g/mol. The lowest BCUT2D eigenvalue weighted by molar-refractivity contribution is -0.139. The average Bonchev–Trinajstić information content (AvgIpc) is 2.24. The Kier molecular flexibility index (Phi) is 4.15. The summed E-state index contributed by atoms with van der Waals surface area (Å²) in [7, 11) is 0. The number of carbonyl (C=O) groups is 1. The first-order valence-electron chi connectivity index (χ1n) is 5.14. The SMILES string of the molecule is CC(C)COc1ccc(C=O)cc1C(F)(F)F. The fraction of sp³-hybridized carbons (Fsp3) is 0.417. The van der Waals surface area contributed by atoms with E-state index in [-0.39, 0.29) is 23.8 Å². The van der Waals surface area contributed by atoms with Gasteiger partial charge in [-0.05, 0) is 24.1 Å². The molecule has 2 nitrogen and oxygen atoms in total. The van der Waals surface area contributed by atoms with Crippen molar-refractivity contribution < 1.29 is 22.7 Å². The minimum atomic E-state index is -4.52. The van der Waals surface area contributed by atoms with Crippen LogP contribution in [-0.4, -0.2) is 12.9 Å². The van der Waals surface area contributed by atoms with Crippen molar-refractivity contribution in [3.8, 4) is 5.75 Å². The molecule has 0 bridgehead atoms. The van der Waals surface area contributed by atoms with E-state index in [4.69, 9.17) is 4.74 Å². The molecule has 1 aromatic carbocycles. The predicted octanol–water partition coefficient (Wildman–Crippen LogP) is 3.55. The highest BCUT2D eigenvalue weighted by Gasteiger charge is 2.34. The average molecular weight is 246 g/mol. The second kappa shape index (κ2) is 5.21. The Morgan fingerprint density at radius 1 is 1.35 bits per heavy atom. The first-order chi connectivity index (χ1) is 7.84. The van der Waals surface area contributed by atoms with Crippen LogP contribution >= 0.6 is 0 Å². The highest BCUT2D eigenvalue weighted by atomic mass is 19.4. The summed E-state index contributed by atoms with van der Waals surface area (Å²) in [6.45, 7) is 3.88. The summed E-state index contributed by atoms with van der Waals surface area (Å²) in [4.78, 5) is 10.5. The van der Waals surface area contributed by atoms with Crippen LogP contribution in [0.1, 0.15) is 29.8 Å². The van der Waals surface area contributed by atoms with Gasteiger partial charge in [-0.2, -0.15) is 13.2 Å². The molecule has 0 radical (unpaired) electrons. The first-order valence-corrected chi connectivity index (χ1v) is 5.14. The smallest absolute Gasteiger partial charge is 0.419 e. The van der Waals surface area contributed by atoms with Gasteiger partial charge in [0.1, 0.15) is 12.0 Å². The predicted molar refractivity (Wildman–Crippen MR) is 57.2 cm³/mol. The van der Waals surface area contributed by atoms with Gasteiger partial charge < -0.3 is 4.74 Å². The molecular weight excluding hydrogens is 233 g/mol. The Bertz CT molecular complexity index is 397. The molecule has 0 fully saturated rings. The number of hydrogen-bond acceptors (Lipinski definition) is 2. The van der Waals surface area contributed by atoms with Crippen LogP contribution in [0.25, 0.3) is 0 Å². The third kappa shape index (κ3) is 3.76. The summed E-state index contributed by atoms with van der Waals surface area (Å²) in [6.07, 6.45) is -4.15. The Labute approximate surface area is 97.4 Å². The van der Waals surface area contributed by atoms with Crippen molar-refractivity contribution in [2.75, 3.05) is 6.61 Å². The minimum absolute atomic E-state index is 0.0192. The zero-order chi connectivity index (χ0) is 13.1. The summed E-state index contributed by atoms with van der Waals surface area (Å²) in [5.41, 5.74) is -0.933. The quantitative estimate of drug-likeness (QED) is 0.759. The Balaban J connectivity index is 3.07. The van der Waals surface area contributed by atoms with Gasteiger partial charge in [0.15, 0.2) is 0 Å². The van der Waals surface area contributed by atoms with Gasteiger partial charge >= 0.3 is 6.18 Å². The van der Waals surface area contributed by atoms with Crippen molar-refractivity contribution in [3.63, 3.8) is 0 Å². The molecule has 0 saturated heterocycles. The minimum Gasteiger partial charge on any atom is -0.493 e. The number of hydrogen-bond donors (Lipinski definition) is 0. The maximum atomic E-state index is 12.7. The molecule has 0 amide bonds. The van der Waals surface area contributed by atoms with Gasteiger partial charge in [0.05, 0.1) is 12.2 Å². The summed E-state index contributed by atoms with van der Waals surface area (Å²) >= 11 is 0. The summed E-state index contributed by atoms with van der Waals surface area (Å²) in [6, 6.07) is 3.27. The van der Waals surface area contributed by atoms with Crippen molar-refractivity contribution in [3.05, 3.63) is 29.3 Å². The van der Waals surface area contributed by atoms with Crippen molar-refractivity contribution in [2.24, 2.45) is 5.92 Å². The standard InChI is InChI=1S/C12H13F3O2/c1-8(2)7-17-11-4-3-9(6-16)5-10(11)12(13,14)15/h3-6,8H,7H2,1-2H3. The van der Waals surface area contributed by atoms with Crippen LogP contribution in [0.3, 0.4) is 0 Å². The van der Waals surface area contributed by atoms with Gasteiger partial charge in [0.2, 0.25) is 0 Å². The molecule has 94 valence electrons. The molecule has 1 rings (SSSR count). The van der Waals surface area contributed by atoms with Gasteiger partial charge in [0, 0.05) is 5.56 Å². The van der Waals surface area contributed by atoms with Crippen LogP contribution in [0.4, 0.5) is 13.2 Å². The highest BCUT2D eigenvalue weighted by Crippen LogP contribution is 2.36. The Hall–Kier alpha value is -1.52. The van der Waals surface area contributed by atoms with E-state index in [1.807, 2.05) is 13.8 Å². The maximum Gasteiger partial charge on any atom is 0.419 e. The molecule has 0 aliphatic rings. The van der Waals surface area contributed by atoms with E-state index < -0.39 is 11.7 Å². The topological polar surface area (TPSA) is 26.3 Å². The number of halogens is 3. The molecular formula is C12H13F3O2. The van der Waals surface area contributed by atoms with E-state index in [1.165, 1.54) is 12.1 Å². The highest BCUT2D eigenvalue weighted by molar-refractivity contribution is 5.75. The van der Waals surface area contributed by atoms with E-state index in [1.54, 1.807) is 0 Å². The van der Waals surface area contributed by atoms with E-state index in [0.717, 1.165) is 6.07 Å². The number of alkyl halides is 3. The Morgan fingerprint density at radius 3 is 2.47 bits per heavy atom. The molecule has 0 N–H and O–H groups in total. The molecule has 1 aromatic rings. The molecule has 0 saturated carbocycles. The second-order valence-electron chi connectivity index (χ2n) is 4.08. The van der Waals surface area contributed by atoms with Gasteiger partial charge in [-0.1, -0.05) is 13.8 Å². The normalized spacial score (nSPS) is 11.6. The van der Waals surface area contributed by atoms with Gasteiger partial charge in [-0.15, -0.1) is 0 Å². The van der Waals surface area contributed by atoms with Crippen LogP contribution in [0, 0.1) is 5.92 Å². The third-order valence-corrected chi connectivity index (χ3v) is 2.02. The van der Waals surface area contributed by atoms with Crippen molar-refractivity contribution in [2.45, 2.75) is 20.0 Å². The molecule has 17 heavy (non-hydrogen) atoms. The molecule has 5 heteroatoms. The fourth-order valence-corrected chi connectivity index (χ4v) is 1.22.